The number of para-hydroxylation sites is 1. The van der Waals surface area contributed by atoms with Crippen LogP contribution in [0.5, 0.6) is 0 Å². The van der Waals surface area contributed by atoms with Crippen molar-refractivity contribution in [2.45, 2.75) is 24.2 Å². The van der Waals surface area contributed by atoms with Gasteiger partial charge in [-0.3, -0.25) is 4.72 Å². The van der Waals surface area contributed by atoms with E-state index in [2.05, 4.69) is 4.72 Å². The van der Waals surface area contributed by atoms with Crippen LogP contribution < -0.4 is 4.72 Å². The minimum atomic E-state index is -4.47. The number of hydrogen-bond donors (Lipinski definition) is 2. The summed E-state index contributed by atoms with van der Waals surface area (Å²) in [5.74, 6) is -3.36. The molecule has 0 saturated heterocycles. The van der Waals surface area contributed by atoms with Crippen LogP contribution in [0.25, 0.3) is 0 Å². The standard InChI is InChI=1S/C22H19F2NO4S/c23-18-12-6-13-19(24)21(18)30(28,29)25-20-14-4-2-8-16(20)10-5-9-15-7-1-3-11-17(15)22(26)27/h1-4,6-8,11-14,25H,5,9-10H2,(H,26,27). The Kier molecular flexibility index (Phi) is 6.47. The molecular weight excluding hydrogens is 412 g/mol. The fraction of sp³-hybridized carbons (Fsp3) is 0.136. The molecule has 30 heavy (non-hydrogen) atoms. The lowest BCUT2D eigenvalue weighted by atomic mass is 9.99. The van der Waals surface area contributed by atoms with E-state index in [1.54, 1.807) is 36.4 Å². The minimum Gasteiger partial charge on any atom is -0.478 e. The van der Waals surface area contributed by atoms with Crippen molar-refractivity contribution in [1.82, 2.24) is 0 Å². The lowest BCUT2D eigenvalue weighted by molar-refractivity contribution is 0.0695. The Bertz CT molecular complexity index is 1160. The first-order valence-electron chi connectivity index (χ1n) is 9.15. The monoisotopic (exact) mass is 431 g/mol. The third-order valence-electron chi connectivity index (χ3n) is 4.59. The van der Waals surface area contributed by atoms with E-state index in [4.69, 9.17) is 0 Å². The Morgan fingerprint density at radius 1 is 0.833 bits per heavy atom. The zero-order chi connectivity index (χ0) is 21.7. The van der Waals surface area contributed by atoms with Crippen LogP contribution in [0, 0.1) is 11.6 Å². The number of carboxylic acid groups (broad SMARTS) is 1. The highest BCUT2D eigenvalue weighted by Gasteiger charge is 2.24. The SMILES string of the molecule is O=C(O)c1ccccc1CCCc1ccccc1NS(=O)(=O)c1c(F)cccc1F. The lowest BCUT2D eigenvalue weighted by Crippen LogP contribution is -2.17. The largest absolute Gasteiger partial charge is 0.478 e. The van der Waals surface area contributed by atoms with Gasteiger partial charge in [0.05, 0.1) is 11.3 Å². The predicted molar refractivity (Wildman–Crippen MR) is 109 cm³/mol. The molecule has 0 fully saturated rings. The van der Waals surface area contributed by atoms with Crippen molar-refractivity contribution in [2.24, 2.45) is 0 Å². The predicted octanol–water partition coefficient (Wildman–Crippen LogP) is 4.64. The summed E-state index contributed by atoms with van der Waals surface area (Å²) in [4.78, 5) is 10.3. The maximum Gasteiger partial charge on any atom is 0.335 e. The first-order chi connectivity index (χ1) is 14.3. The lowest BCUT2D eigenvalue weighted by Gasteiger charge is -2.14. The van der Waals surface area contributed by atoms with E-state index in [1.807, 2.05) is 0 Å². The highest BCUT2D eigenvalue weighted by molar-refractivity contribution is 7.92. The number of nitrogens with one attached hydrogen (secondary N) is 1. The van der Waals surface area contributed by atoms with Crippen LogP contribution in [0.15, 0.2) is 71.6 Å². The summed E-state index contributed by atoms with van der Waals surface area (Å²) in [6.45, 7) is 0. The van der Waals surface area contributed by atoms with Gasteiger partial charge in [-0.25, -0.2) is 22.0 Å². The van der Waals surface area contributed by atoms with Gasteiger partial charge >= 0.3 is 5.97 Å². The van der Waals surface area contributed by atoms with E-state index in [1.165, 1.54) is 12.1 Å². The molecule has 0 spiro atoms. The zero-order valence-corrected chi connectivity index (χ0v) is 16.6. The average Bonchev–Trinajstić information content (AvgIpc) is 2.69. The molecule has 0 heterocycles. The Morgan fingerprint density at radius 3 is 2.07 bits per heavy atom. The van der Waals surface area contributed by atoms with Crippen molar-refractivity contribution < 1.29 is 27.1 Å². The van der Waals surface area contributed by atoms with Crippen LogP contribution >= 0.6 is 0 Å². The maximum absolute atomic E-state index is 13.9. The second kappa shape index (κ2) is 9.04. The van der Waals surface area contributed by atoms with Crippen LogP contribution in [-0.4, -0.2) is 19.5 Å². The number of aromatic carboxylic acids is 1. The molecule has 2 N–H and O–H groups in total. The number of hydrogen-bond acceptors (Lipinski definition) is 3. The van der Waals surface area contributed by atoms with Gasteiger partial charge in [-0.15, -0.1) is 0 Å². The number of benzene rings is 3. The third-order valence-corrected chi connectivity index (χ3v) is 6.01. The Labute approximate surface area is 173 Å². The molecule has 0 aliphatic heterocycles. The van der Waals surface area contributed by atoms with E-state index in [9.17, 15) is 27.1 Å². The molecule has 5 nitrogen and oxygen atoms in total. The van der Waals surface area contributed by atoms with Crippen molar-refractivity contribution in [1.29, 1.82) is 0 Å². The molecule has 0 bridgehead atoms. The van der Waals surface area contributed by atoms with Gasteiger partial charge in [-0.1, -0.05) is 42.5 Å². The summed E-state index contributed by atoms with van der Waals surface area (Å²) in [6, 6.07) is 16.1. The van der Waals surface area contributed by atoms with E-state index in [0.29, 0.717) is 30.4 Å². The average molecular weight is 431 g/mol. The smallest absolute Gasteiger partial charge is 0.335 e. The van der Waals surface area contributed by atoms with Crippen LogP contribution in [0.2, 0.25) is 0 Å². The maximum atomic E-state index is 13.9. The third kappa shape index (κ3) is 4.83. The molecule has 3 aromatic carbocycles. The molecule has 0 radical (unpaired) electrons. The summed E-state index contributed by atoms with van der Waals surface area (Å²) in [6.07, 6.45) is 1.47. The minimum absolute atomic E-state index is 0.215. The van der Waals surface area contributed by atoms with Crippen molar-refractivity contribution in [3.05, 3.63) is 95.1 Å². The summed E-state index contributed by atoms with van der Waals surface area (Å²) in [7, 11) is -4.47. The molecular formula is C22H19F2NO4S. The van der Waals surface area contributed by atoms with E-state index >= 15 is 0 Å². The number of carbonyl (C=O) groups is 1. The van der Waals surface area contributed by atoms with Crippen LogP contribution in [0.3, 0.4) is 0 Å². The van der Waals surface area contributed by atoms with Gasteiger partial charge in [0, 0.05) is 0 Å². The van der Waals surface area contributed by atoms with Crippen molar-refractivity contribution >= 4 is 21.7 Å². The van der Waals surface area contributed by atoms with Crippen molar-refractivity contribution in [3.63, 3.8) is 0 Å². The quantitative estimate of drug-likeness (QED) is 0.544. The first-order valence-corrected chi connectivity index (χ1v) is 10.6. The molecule has 3 aromatic rings. The van der Waals surface area contributed by atoms with E-state index in [0.717, 1.165) is 18.2 Å². The number of rotatable bonds is 8. The highest BCUT2D eigenvalue weighted by atomic mass is 32.2. The number of anilines is 1. The molecule has 0 amide bonds. The zero-order valence-electron chi connectivity index (χ0n) is 15.8. The fourth-order valence-corrected chi connectivity index (χ4v) is 4.43. The topological polar surface area (TPSA) is 83.5 Å². The molecule has 156 valence electrons. The molecule has 0 aromatic heterocycles. The van der Waals surface area contributed by atoms with Gasteiger partial charge < -0.3 is 5.11 Å². The number of sulfonamides is 1. The Morgan fingerprint density at radius 2 is 1.40 bits per heavy atom. The van der Waals surface area contributed by atoms with Gasteiger partial charge in [-0.2, -0.15) is 0 Å². The van der Waals surface area contributed by atoms with Crippen molar-refractivity contribution in [2.75, 3.05) is 4.72 Å². The molecule has 8 heteroatoms. The molecule has 0 aliphatic carbocycles. The second-order valence-electron chi connectivity index (χ2n) is 6.63. The molecule has 0 unspecified atom stereocenters. The summed E-state index contributed by atoms with van der Waals surface area (Å²) in [5.41, 5.74) is 1.75. The van der Waals surface area contributed by atoms with Gasteiger partial charge in [0.15, 0.2) is 4.90 Å². The number of aryl methyl sites for hydroxylation is 2. The Hall–Kier alpha value is -3.26. The first kappa shape index (κ1) is 21.4. The number of carboxylic acids is 1. The van der Waals surface area contributed by atoms with Crippen molar-refractivity contribution in [3.8, 4) is 0 Å². The van der Waals surface area contributed by atoms with Gasteiger partial charge in [0.1, 0.15) is 11.6 Å². The number of halogens is 2. The van der Waals surface area contributed by atoms with Gasteiger partial charge in [0.2, 0.25) is 0 Å². The van der Waals surface area contributed by atoms with E-state index < -0.39 is 32.5 Å². The van der Waals surface area contributed by atoms with Crippen LogP contribution in [0.1, 0.15) is 27.9 Å². The van der Waals surface area contributed by atoms with E-state index in [-0.39, 0.29) is 11.3 Å². The van der Waals surface area contributed by atoms with Gasteiger partial charge in [-0.05, 0) is 54.7 Å². The summed E-state index contributed by atoms with van der Waals surface area (Å²) >= 11 is 0. The molecule has 0 atom stereocenters. The van der Waals surface area contributed by atoms with Crippen LogP contribution in [0.4, 0.5) is 14.5 Å². The summed E-state index contributed by atoms with van der Waals surface area (Å²) < 4.78 is 55.2. The second-order valence-corrected chi connectivity index (χ2v) is 8.25. The Balaban J connectivity index is 1.78. The summed E-state index contributed by atoms with van der Waals surface area (Å²) in [5, 5.41) is 9.27. The normalized spacial score (nSPS) is 11.3. The highest BCUT2D eigenvalue weighted by Crippen LogP contribution is 2.25. The fourth-order valence-electron chi connectivity index (χ4n) is 3.19. The molecule has 3 rings (SSSR count). The molecule has 0 saturated carbocycles. The van der Waals surface area contributed by atoms with Gasteiger partial charge in [0.25, 0.3) is 10.0 Å². The van der Waals surface area contributed by atoms with Crippen LogP contribution in [-0.2, 0) is 22.9 Å². The molecule has 0 aliphatic rings.